The number of halogens is 1. The van der Waals surface area contributed by atoms with E-state index in [4.69, 9.17) is 25.1 Å². The Bertz CT molecular complexity index is 2010. The molecule has 0 spiro atoms. The van der Waals surface area contributed by atoms with E-state index in [2.05, 4.69) is 15.3 Å². The van der Waals surface area contributed by atoms with Crippen LogP contribution in [0.15, 0.2) is 138 Å². The van der Waals surface area contributed by atoms with E-state index < -0.39 is 11.6 Å². The van der Waals surface area contributed by atoms with Crippen LogP contribution in [-0.2, 0) is 28.9 Å². The van der Waals surface area contributed by atoms with Crippen molar-refractivity contribution in [2.45, 2.75) is 37.5 Å². The number of nitrogens with zero attached hydrogens (tertiary/aromatic N) is 4. The zero-order chi connectivity index (χ0) is 35.5. The van der Waals surface area contributed by atoms with Crippen molar-refractivity contribution < 1.29 is 23.8 Å². The zero-order valence-electron chi connectivity index (χ0n) is 28.0. The predicted octanol–water partition coefficient (Wildman–Crippen LogP) is 7.92. The number of rotatable bonds is 15. The lowest BCUT2D eigenvalue weighted by Crippen LogP contribution is -2.50. The molecule has 5 aromatic rings. The molecule has 0 saturated carbocycles. The number of carbonyl (C=O) groups excluding carboxylic acids is 1. The van der Waals surface area contributed by atoms with Crippen LogP contribution in [0.2, 0.25) is 0 Å². The van der Waals surface area contributed by atoms with Gasteiger partial charge in [-0.2, -0.15) is 0 Å². The summed E-state index contributed by atoms with van der Waals surface area (Å²) in [6.45, 7) is 0.683. The molecule has 0 radical (unpaired) electrons. The Labute approximate surface area is 296 Å². The fourth-order valence-electron chi connectivity index (χ4n) is 6.21. The third-order valence-electron chi connectivity index (χ3n) is 8.87. The topological polar surface area (TPSA) is 129 Å². The first-order valence-corrected chi connectivity index (χ1v) is 16.9. The second-order valence-electron chi connectivity index (χ2n) is 12.2. The summed E-state index contributed by atoms with van der Waals surface area (Å²) in [4.78, 5) is 22.8. The molecule has 2 atom stereocenters. The molecule has 5 aromatic carbocycles. The van der Waals surface area contributed by atoms with Gasteiger partial charge in [0.25, 0.3) is 5.91 Å². The Morgan fingerprint density at radius 1 is 0.863 bits per heavy atom. The summed E-state index contributed by atoms with van der Waals surface area (Å²) in [5.41, 5.74) is 13.1. The number of aliphatic hydroxyl groups is 1. The van der Waals surface area contributed by atoms with Crippen LogP contribution in [0.4, 0.5) is 4.39 Å². The van der Waals surface area contributed by atoms with Crippen molar-refractivity contribution in [2.24, 2.45) is 10.1 Å². The molecule has 51 heavy (non-hydrogen) atoms. The molecule has 258 valence electrons. The quantitative estimate of drug-likeness (QED) is 0.0503. The van der Waals surface area contributed by atoms with Gasteiger partial charge in [-0.15, -0.1) is 0 Å². The lowest BCUT2D eigenvalue weighted by molar-refractivity contribution is -0.128. The molecular formula is C41H38FN5O4. The molecule has 0 fully saturated rings. The molecule has 1 amide bonds. The molecule has 0 unspecified atom stereocenters. The fourth-order valence-corrected chi connectivity index (χ4v) is 6.21. The Hall–Kier alpha value is -5.96. The fraction of sp³-hybridized carbons (Fsp3) is 0.220. The number of amides is 1. The lowest BCUT2D eigenvalue weighted by atomic mass is 9.80. The SMILES string of the molecule is [N-]=[N+]=NCc1ccccc1C[C@@]1(C(=O)NCCc2ccccc2F)N=C(c2ccc(OCCCO)cc2)O[C@@H]1c1ccc(-c2ccccc2)cc1. The average molecular weight is 684 g/mol. The number of benzene rings is 5. The summed E-state index contributed by atoms with van der Waals surface area (Å²) < 4.78 is 26.9. The Balaban J connectivity index is 1.42. The number of ether oxygens (including phenoxy) is 2. The van der Waals surface area contributed by atoms with Gasteiger partial charge >= 0.3 is 0 Å². The van der Waals surface area contributed by atoms with Crippen molar-refractivity contribution in [3.8, 4) is 16.9 Å². The highest BCUT2D eigenvalue weighted by atomic mass is 19.1. The molecular weight excluding hydrogens is 645 g/mol. The van der Waals surface area contributed by atoms with Crippen molar-refractivity contribution in [2.75, 3.05) is 19.8 Å². The molecule has 1 aliphatic rings. The standard InChI is InChI=1S/C41H38FN5O4/c42-37-14-7-6-11-31(37)23-24-44-40(49)41(27-34-12-4-5-13-35(34)28-45-47-43)38(32-17-15-30(16-18-32)29-9-2-1-3-10-29)51-39(46-41)33-19-21-36(22-20-33)50-26-8-25-48/h1-7,9-22,38,48H,8,23-28H2,(H,44,49)/t38-,41-/m1/s1. The van der Waals surface area contributed by atoms with Crippen LogP contribution in [0.25, 0.3) is 21.6 Å². The van der Waals surface area contributed by atoms with Gasteiger partial charge < -0.3 is 19.9 Å². The third kappa shape index (κ3) is 8.27. The maximum atomic E-state index is 14.7. The molecule has 0 saturated heterocycles. The van der Waals surface area contributed by atoms with Crippen LogP contribution in [0.5, 0.6) is 5.75 Å². The largest absolute Gasteiger partial charge is 0.494 e. The van der Waals surface area contributed by atoms with Crippen molar-refractivity contribution in [1.29, 1.82) is 0 Å². The van der Waals surface area contributed by atoms with E-state index in [1.165, 1.54) is 6.07 Å². The molecule has 0 aliphatic carbocycles. The van der Waals surface area contributed by atoms with Gasteiger partial charge in [0, 0.05) is 36.5 Å². The molecule has 2 N–H and O–H groups in total. The van der Waals surface area contributed by atoms with Crippen LogP contribution < -0.4 is 10.1 Å². The first-order valence-electron chi connectivity index (χ1n) is 16.9. The first kappa shape index (κ1) is 34.9. The first-order chi connectivity index (χ1) is 25.0. The van der Waals surface area contributed by atoms with E-state index in [1.807, 2.05) is 91.0 Å². The van der Waals surface area contributed by atoms with Gasteiger partial charge in [0.1, 0.15) is 11.6 Å². The lowest BCUT2D eigenvalue weighted by Gasteiger charge is -2.31. The number of azide groups is 1. The van der Waals surface area contributed by atoms with Gasteiger partial charge in [-0.25, -0.2) is 9.38 Å². The Kier molecular flexibility index (Phi) is 11.4. The summed E-state index contributed by atoms with van der Waals surface area (Å²) >= 11 is 0. The number of hydrogen-bond donors (Lipinski definition) is 2. The van der Waals surface area contributed by atoms with Gasteiger partial charge in [0.2, 0.25) is 5.90 Å². The van der Waals surface area contributed by atoms with Crippen molar-refractivity contribution in [3.05, 3.63) is 171 Å². The minimum atomic E-state index is -1.50. The monoisotopic (exact) mass is 683 g/mol. The second kappa shape index (κ2) is 16.6. The average Bonchev–Trinajstić information content (AvgIpc) is 3.56. The number of aliphatic hydroxyl groups excluding tert-OH is 1. The van der Waals surface area contributed by atoms with Crippen LogP contribution in [0, 0.1) is 5.82 Å². The summed E-state index contributed by atoms with van der Waals surface area (Å²) in [5, 5.41) is 16.0. The maximum absolute atomic E-state index is 14.7. The molecule has 1 aliphatic heterocycles. The number of hydrogen-bond acceptors (Lipinski definition) is 6. The molecule has 1 heterocycles. The van der Waals surface area contributed by atoms with Gasteiger partial charge in [0.05, 0.1) is 13.2 Å². The normalized spacial score (nSPS) is 16.4. The molecule has 0 aromatic heterocycles. The molecule has 9 nitrogen and oxygen atoms in total. The van der Waals surface area contributed by atoms with Crippen molar-refractivity contribution >= 4 is 11.8 Å². The third-order valence-corrected chi connectivity index (χ3v) is 8.87. The summed E-state index contributed by atoms with van der Waals surface area (Å²) in [6.07, 6.45) is 0.0804. The Morgan fingerprint density at radius 3 is 2.22 bits per heavy atom. The van der Waals surface area contributed by atoms with Gasteiger partial charge in [-0.05, 0) is 75.7 Å². The van der Waals surface area contributed by atoms with Crippen LogP contribution >= 0.6 is 0 Å². The number of aliphatic imine (C=N–C) groups is 1. The van der Waals surface area contributed by atoms with E-state index in [-0.39, 0.29) is 50.2 Å². The molecule has 0 bridgehead atoms. The van der Waals surface area contributed by atoms with E-state index in [9.17, 15) is 9.18 Å². The van der Waals surface area contributed by atoms with Gasteiger partial charge in [-0.3, -0.25) is 4.79 Å². The minimum Gasteiger partial charge on any atom is -0.494 e. The van der Waals surface area contributed by atoms with E-state index >= 15 is 0 Å². The Morgan fingerprint density at radius 2 is 1.51 bits per heavy atom. The van der Waals surface area contributed by atoms with Crippen LogP contribution in [0.3, 0.4) is 0 Å². The minimum absolute atomic E-state index is 0.0346. The van der Waals surface area contributed by atoms with Gasteiger partial charge in [0.15, 0.2) is 11.6 Å². The zero-order valence-corrected chi connectivity index (χ0v) is 28.0. The number of carbonyl (C=O) groups is 1. The van der Waals surface area contributed by atoms with Crippen LogP contribution in [0.1, 0.15) is 40.3 Å². The van der Waals surface area contributed by atoms with Crippen molar-refractivity contribution in [1.82, 2.24) is 5.32 Å². The molecule has 6 rings (SSSR count). The second-order valence-corrected chi connectivity index (χ2v) is 12.2. The predicted molar refractivity (Wildman–Crippen MR) is 195 cm³/mol. The number of nitrogens with one attached hydrogen (secondary N) is 1. The molecule has 10 heteroatoms. The van der Waals surface area contributed by atoms with E-state index in [1.54, 1.807) is 30.3 Å². The summed E-state index contributed by atoms with van der Waals surface area (Å²) in [5.74, 6) is 0.195. The van der Waals surface area contributed by atoms with Crippen LogP contribution in [-0.4, -0.2) is 42.2 Å². The smallest absolute Gasteiger partial charge is 0.252 e. The van der Waals surface area contributed by atoms with Gasteiger partial charge in [-0.1, -0.05) is 102 Å². The highest BCUT2D eigenvalue weighted by Gasteiger charge is 2.53. The summed E-state index contributed by atoms with van der Waals surface area (Å²) in [6, 6.07) is 39.2. The van der Waals surface area contributed by atoms with Crippen molar-refractivity contribution in [3.63, 3.8) is 0 Å². The van der Waals surface area contributed by atoms with E-state index in [0.717, 1.165) is 27.8 Å². The maximum Gasteiger partial charge on any atom is 0.252 e. The highest BCUT2D eigenvalue weighted by molar-refractivity contribution is 6.01. The summed E-state index contributed by atoms with van der Waals surface area (Å²) in [7, 11) is 0. The van der Waals surface area contributed by atoms with E-state index in [0.29, 0.717) is 29.9 Å². The highest BCUT2D eigenvalue weighted by Crippen LogP contribution is 2.43.